The van der Waals surface area contributed by atoms with Crippen molar-refractivity contribution in [3.63, 3.8) is 0 Å². The molecule has 1 N–H and O–H groups in total. The van der Waals surface area contributed by atoms with Gasteiger partial charge < -0.3 is 14.8 Å². The molecule has 1 atom stereocenters. The van der Waals surface area contributed by atoms with Crippen LogP contribution in [-0.4, -0.2) is 49.4 Å². The predicted octanol–water partition coefficient (Wildman–Crippen LogP) is 2.21. The van der Waals surface area contributed by atoms with Gasteiger partial charge in [-0.25, -0.2) is 9.78 Å². The second-order valence-corrected chi connectivity index (χ2v) is 7.06. The van der Waals surface area contributed by atoms with E-state index in [4.69, 9.17) is 0 Å². The third-order valence-corrected chi connectivity index (χ3v) is 5.24. The summed E-state index contributed by atoms with van der Waals surface area (Å²) in [5, 5.41) is 7.59. The SMILES string of the molecule is Cc1nn(C)c(C)c1C[C@H](C)NC(=O)N1CCC(n2ccnc2)CC1. The number of urea groups is 1. The second kappa shape index (κ2) is 7.29. The molecule has 0 aromatic carbocycles. The summed E-state index contributed by atoms with van der Waals surface area (Å²) in [5.74, 6) is 0. The molecule has 2 aromatic heterocycles. The lowest BCUT2D eigenvalue weighted by Gasteiger charge is -2.33. The Balaban J connectivity index is 1.50. The molecule has 7 nitrogen and oxygen atoms in total. The van der Waals surface area contributed by atoms with E-state index >= 15 is 0 Å². The quantitative estimate of drug-likeness (QED) is 0.925. The van der Waals surface area contributed by atoms with Crippen molar-refractivity contribution >= 4 is 6.03 Å². The van der Waals surface area contributed by atoms with E-state index < -0.39 is 0 Å². The van der Waals surface area contributed by atoms with Crippen LogP contribution in [0.5, 0.6) is 0 Å². The second-order valence-electron chi connectivity index (χ2n) is 7.06. The zero-order valence-electron chi connectivity index (χ0n) is 15.6. The molecular weight excluding hydrogens is 316 g/mol. The molecule has 25 heavy (non-hydrogen) atoms. The number of likely N-dealkylation sites (tertiary alicyclic amines) is 1. The molecule has 1 aliphatic heterocycles. The number of carbonyl (C=O) groups excluding carboxylic acids is 1. The van der Waals surface area contributed by atoms with Gasteiger partial charge in [0, 0.05) is 50.3 Å². The first kappa shape index (κ1) is 17.5. The Labute approximate surface area is 149 Å². The van der Waals surface area contributed by atoms with Crippen molar-refractivity contribution in [3.8, 4) is 0 Å². The fraction of sp³-hybridized carbons (Fsp3) is 0.611. The van der Waals surface area contributed by atoms with Crippen LogP contribution in [0.2, 0.25) is 0 Å². The number of aromatic nitrogens is 4. The summed E-state index contributed by atoms with van der Waals surface area (Å²) in [4.78, 5) is 18.6. The van der Waals surface area contributed by atoms with Crippen LogP contribution in [0.25, 0.3) is 0 Å². The molecule has 3 heterocycles. The number of nitrogens with zero attached hydrogens (tertiary/aromatic N) is 5. The van der Waals surface area contributed by atoms with Crippen LogP contribution in [0.3, 0.4) is 0 Å². The highest BCUT2D eigenvalue weighted by atomic mass is 16.2. The lowest BCUT2D eigenvalue weighted by atomic mass is 10.0. The number of amides is 2. The molecule has 136 valence electrons. The summed E-state index contributed by atoms with van der Waals surface area (Å²) in [6.07, 6.45) is 8.42. The minimum atomic E-state index is 0.0378. The lowest BCUT2D eigenvalue weighted by molar-refractivity contribution is 0.169. The van der Waals surface area contributed by atoms with Crippen LogP contribution in [0.4, 0.5) is 4.79 Å². The summed E-state index contributed by atoms with van der Waals surface area (Å²) in [7, 11) is 1.96. The molecule has 2 aromatic rings. The minimum Gasteiger partial charge on any atom is -0.335 e. The van der Waals surface area contributed by atoms with Gasteiger partial charge in [-0.15, -0.1) is 0 Å². The molecule has 0 spiro atoms. The lowest BCUT2D eigenvalue weighted by Crippen LogP contribution is -2.47. The third-order valence-electron chi connectivity index (χ3n) is 5.24. The molecule has 7 heteroatoms. The minimum absolute atomic E-state index is 0.0378. The first-order valence-electron chi connectivity index (χ1n) is 8.97. The number of hydrogen-bond acceptors (Lipinski definition) is 3. The normalized spacial score (nSPS) is 16.9. The third kappa shape index (κ3) is 3.86. The highest BCUT2D eigenvalue weighted by Crippen LogP contribution is 2.22. The van der Waals surface area contributed by atoms with Crippen molar-refractivity contribution in [1.82, 2.24) is 29.5 Å². The number of nitrogens with one attached hydrogen (secondary N) is 1. The van der Waals surface area contributed by atoms with Crippen LogP contribution < -0.4 is 5.32 Å². The van der Waals surface area contributed by atoms with Crippen molar-refractivity contribution in [2.45, 2.75) is 52.1 Å². The van der Waals surface area contributed by atoms with E-state index in [9.17, 15) is 4.79 Å². The smallest absolute Gasteiger partial charge is 0.317 e. The van der Waals surface area contributed by atoms with Crippen molar-refractivity contribution < 1.29 is 4.79 Å². The largest absolute Gasteiger partial charge is 0.335 e. The average Bonchev–Trinajstić information content (AvgIpc) is 3.20. The van der Waals surface area contributed by atoms with E-state index in [0.717, 1.165) is 38.0 Å². The Bertz CT molecular complexity index is 712. The molecule has 1 fully saturated rings. The first-order valence-corrected chi connectivity index (χ1v) is 8.97. The molecule has 1 aliphatic rings. The van der Waals surface area contributed by atoms with Gasteiger partial charge in [-0.3, -0.25) is 4.68 Å². The molecule has 1 saturated heterocycles. The average molecular weight is 344 g/mol. The van der Waals surface area contributed by atoms with Gasteiger partial charge in [-0.2, -0.15) is 5.10 Å². The molecule has 0 bridgehead atoms. The van der Waals surface area contributed by atoms with Gasteiger partial charge in [-0.1, -0.05) is 0 Å². The van der Waals surface area contributed by atoms with Crippen molar-refractivity contribution in [2.24, 2.45) is 7.05 Å². The Morgan fingerprint density at radius 2 is 2.08 bits per heavy atom. The standard InChI is InChI=1S/C18H28N6O/c1-13(11-17-14(2)21-22(4)15(17)3)20-18(25)23-8-5-16(6-9-23)24-10-7-19-12-24/h7,10,12-13,16H,5-6,8-9,11H2,1-4H3,(H,20,25)/t13-/m0/s1. The molecule has 3 rings (SSSR count). The van der Waals surface area contributed by atoms with Gasteiger partial charge in [0.05, 0.1) is 12.0 Å². The van der Waals surface area contributed by atoms with Gasteiger partial charge >= 0.3 is 6.03 Å². The summed E-state index contributed by atoms with van der Waals surface area (Å²) in [6.45, 7) is 7.73. The molecule has 0 radical (unpaired) electrons. The maximum Gasteiger partial charge on any atom is 0.317 e. The summed E-state index contributed by atoms with van der Waals surface area (Å²) < 4.78 is 4.05. The fourth-order valence-corrected chi connectivity index (χ4v) is 3.62. The van der Waals surface area contributed by atoms with Crippen molar-refractivity contribution in [1.29, 1.82) is 0 Å². The topological polar surface area (TPSA) is 68.0 Å². The first-order chi connectivity index (χ1) is 12.0. The van der Waals surface area contributed by atoms with E-state index in [1.165, 1.54) is 11.3 Å². The van der Waals surface area contributed by atoms with Crippen molar-refractivity contribution in [2.75, 3.05) is 13.1 Å². The van der Waals surface area contributed by atoms with E-state index in [2.05, 4.69) is 33.8 Å². The Morgan fingerprint density at radius 3 is 2.64 bits per heavy atom. The molecule has 0 aliphatic carbocycles. The van der Waals surface area contributed by atoms with Crippen LogP contribution in [0, 0.1) is 13.8 Å². The van der Waals surface area contributed by atoms with Crippen LogP contribution >= 0.6 is 0 Å². The number of rotatable bonds is 4. The highest BCUT2D eigenvalue weighted by molar-refractivity contribution is 5.74. The van der Waals surface area contributed by atoms with Gasteiger partial charge in [0.2, 0.25) is 0 Å². The summed E-state index contributed by atoms with van der Waals surface area (Å²) in [6, 6.07) is 0.570. The Kier molecular flexibility index (Phi) is 5.11. The van der Waals surface area contributed by atoms with Crippen LogP contribution in [0.15, 0.2) is 18.7 Å². The number of piperidine rings is 1. The molecular formula is C18H28N6O. The predicted molar refractivity (Wildman–Crippen MR) is 96.5 cm³/mol. The number of aryl methyl sites for hydroxylation is 2. The number of hydrogen-bond donors (Lipinski definition) is 1. The van der Waals surface area contributed by atoms with E-state index in [1.54, 1.807) is 0 Å². The number of imidazole rings is 1. The van der Waals surface area contributed by atoms with Gasteiger partial charge in [-0.05, 0) is 45.6 Å². The Morgan fingerprint density at radius 1 is 1.36 bits per heavy atom. The van der Waals surface area contributed by atoms with Crippen LogP contribution in [0.1, 0.15) is 42.8 Å². The van der Waals surface area contributed by atoms with E-state index in [1.807, 2.05) is 42.3 Å². The number of carbonyl (C=O) groups is 1. The molecule has 2 amide bonds. The maximum atomic E-state index is 12.5. The zero-order chi connectivity index (χ0) is 18.0. The van der Waals surface area contributed by atoms with Crippen LogP contribution in [-0.2, 0) is 13.5 Å². The van der Waals surface area contributed by atoms with Gasteiger partial charge in [0.1, 0.15) is 0 Å². The highest BCUT2D eigenvalue weighted by Gasteiger charge is 2.24. The zero-order valence-corrected chi connectivity index (χ0v) is 15.6. The fourth-order valence-electron chi connectivity index (χ4n) is 3.62. The van der Waals surface area contributed by atoms with Gasteiger partial charge in [0.15, 0.2) is 0 Å². The summed E-state index contributed by atoms with van der Waals surface area (Å²) >= 11 is 0. The van der Waals surface area contributed by atoms with E-state index in [0.29, 0.717) is 6.04 Å². The van der Waals surface area contributed by atoms with Crippen molar-refractivity contribution in [3.05, 3.63) is 35.7 Å². The molecule has 0 saturated carbocycles. The van der Waals surface area contributed by atoms with Gasteiger partial charge in [0.25, 0.3) is 0 Å². The Hall–Kier alpha value is -2.31. The summed E-state index contributed by atoms with van der Waals surface area (Å²) in [5.41, 5.74) is 3.44. The molecule has 0 unspecified atom stereocenters. The maximum absolute atomic E-state index is 12.5. The monoisotopic (exact) mass is 344 g/mol. The van der Waals surface area contributed by atoms with E-state index in [-0.39, 0.29) is 12.1 Å².